The molecule has 2 aliphatic heterocycles. The zero-order chi connectivity index (χ0) is 30.6. The van der Waals surface area contributed by atoms with Crippen LogP contribution in [0.15, 0.2) is 52.0 Å². The number of benzene rings is 1. The number of carbonyl (C=O) groups is 1. The highest BCUT2D eigenvalue weighted by Crippen LogP contribution is 2.38. The third kappa shape index (κ3) is 7.51. The van der Waals surface area contributed by atoms with Gasteiger partial charge >= 0.3 is 15.6 Å². The van der Waals surface area contributed by atoms with Gasteiger partial charge in [0.15, 0.2) is 0 Å². The van der Waals surface area contributed by atoms with Crippen LogP contribution in [0.3, 0.4) is 0 Å². The minimum atomic E-state index is -5.84. The number of para-hydroxylation sites is 1. The van der Waals surface area contributed by atoms with Gasteiger partial charge in [-0.1, -0.05) is 23.4 Å². The molecule has 0 unspecified atom stereocenters. The summed E-state index contributed by atoms with van der Waals surface area (Å²) in [6, 6.07) is 12.3. The fourth-order valence-corrected chi connectivity index (χ4v) is 6.21. The summed E-state index contributed by atoms with van der Waals surface area (Å²) in [5.74, 6) is 2.76. The number of carbonyl (C=O) groups excluding carboxylic acids is 1. The fourth-order valence-electron chi connectivity index (χ4n) is 5.15. The van der Waals surface area contributed by atoms with Gasteiger partial charge in [-0.2, -0.15) is 26.6 Å². The summed E-state index contributed by atoms with van der Waals surface area (Å²) in [5.41, 5.74) is -3.14. The van der Waals surface area contributed by atoms with Gasteiger partial charge in [-0.25, -0.2) is 4.98 Å². The van der Waals surface area contributed by atoms with E-state index in [1.165, 1.54) is 11.9 Å². The van der Waals surface area contributed by atoms with Crippen LogP contribution in [0.1, 0.15) is 35.5 Å². The van der Waals surface area contributed by atoms with E-state index in [9.17, 15) is 18.0 Å². The zero-order valence-electron chi connectivity index (χ0n) is 22.8. The van der Waals surface area contributed by atoms with Crippen LogP contribution in [0.4, 0.5) is 30.6 Å². The maximum absolute atomic E-state index is 12.5. The molecule has 2 fully saturated rings. The number of hydrogen-bond acceptors (Lipinski definition) is 11. The highest BCUT2D eigenvalue weighted by molar-refractivity contribution is 7.99. The molecule has 3 aliphatic rings. The number of nitrogens with zero attached hydrogens (tertiary/aromatic N) is 5. The fraction of sp³-hybridized carbons (Fsp3) is 0.462. The summed E-state index contributed by atoms with van der Waals surface area (Å²) in [7, 11) is -5.84. The number of nitrogens with one attached hydrogen (secondary N) is 2. The molecule has 232 valence electrons. The molecule has 1 aliphatic carbocycles. The number of alkyl halides is 3. The molecule has 0 spiro atoms. The molecule has 1 aromatic carbocycles. The van der Waals surface area contributed by atoms with Crippen molar-refractivity contribution < 1.29 is 35.5 Å². The van der Waals surface area contributed by atoms with Crippen LogP contribution in [-0.4, -0.2) is 83.5 Å². The standard InChI is InChI=1S/C25H29N7O2S.CHF3O3S/c33-24(21-9-11-26-34-21)28-19-8-4-7-18(19)27-23-22-20(10-16-35-22)29-25(30-23)32-14-12-31(13-15-32)17-5-2-1-3-6-17;2-1(3,4)8(5,6)7/h1-3,5-6,9,11,18-19H,4,7-8,10,12-16H2,(H,28,33)(H,27,29,30);(H,5,6,7)/t18-,19-;/m0./s1. The van der Waals surface area contributed by atoms with Crippen molar-refractivity contribution in [3.05, 3.63) is 54.0 Å². The Morgan fingerprint density at radius 1 is 1.02 bits per heavy atom. The largest absolute Gasteiger partial charge is 0.522 e. The van der Waals surface area contributed by atoms with Crippen molar-refractivity contribution in [1.82, 2.24) is 20.4 Å². The SMILES string of the molecule is O=C(N[C@H]1CCC[C@@H]1Nc1nc(N2CCN(c3ccccc3)CC2)nc2c1SCC2)c1ccno1.O=S(=O)(O)C(F)(F)F. The third-order valence-electron chi connectivity index (χ3n) is 7.30. The number of anilines is 3. The predicted molar refractivity (Wildman–Crippen MR) is 154 cm³/mol. The van der Waals surface area contributed by atoms with Crippen molar-refractivity contribution >= 4 is 45.2 Å². The minimum absolute atomic E-state index is 0.0162. The van der Waals surface area contributed by atoms with Crippen molar-refractivity contribution in [3.8, 4) is 0 Å². The summed E-state index contributed by atoms with van der Waals surface area (Å²) >= 11 is 1.82. The number of hydrogen-bond donors (Lipinski definition) is 3. The number of amides is 1. The average molecular weight is 642 g/mol. The topological polar surface area (TPSA) is 154 Å². The van der Waals surface area contributed by atoms with Crippen molar-refractivity contribution in [1.29, 1.82) is 0 Å². The Labute approximate surface area is 250 Å². The molecule has 2 aromatic heterocycles. The van der Waals surface area contributed by atoms with E-state index in [0.717, 1.165) is 80.0 Å². The summed E-state index contributed by atoms with van der Waals surface area (Å²) in [6.07, 6.45) is 5.41. The van der Waals surface area contributed by atoms with Gasteiger partial charge in [0.2, 0.25) is 11.7 Å². The van der Waals surface area contributed by atoms with E-state index in [0.29, 0.717) is 0 Å². The van der Waals surface area contributed by atoms with Crippen molar-refractivity contribution in [2.75, 3.05) is 47.0 Å². The molecule has 2 atom stereocenters. The predicted octanol–water partition coefficient (Wildman–Crippen LogP) is 3.60. The minimum Gasteiger partial charge on any atom is -0.368 e. The lowest BCUT2D eigenvalue weighted by Gasteiger charge is -2.36. The van der Waals surface area contributed by atoms with Crippen LogP contribution < -0.4 is 20.4 Å². The van der Waals surface area contributed by atoms with Crippen LogP contribution in [-0.2, 0) is 16.5 Å². The summed E-state index contributed by atoms with van der Waals surface area (Å²) in [6.45, 7) is 3.67. The Bertz CT molecular complexity index is 1500. The lowest BCUT2D eigenvalue weighted by atomic mass is 10.1. The van der Waals surface area contributed by atoms with Crippen LogP contribution in [0.2, 0.25) is 0 Å². The number of aromatic nitrogens is 3. The van der Waals surface area contributed by atoms with Crippen molar-refractivity contribution in [2.24, 2.45) is 0 Å². The first-order chi connectivity index (χ1) is 20.5. The molecule has 0 radical (unpaired) electrons. The van der Waals surface area contributed by atoms with Gasteiger partial charge in [0.05, 0.1) is 16.8 Å². The Balaban J connectivity index is 0.000000407. The van der Waals surface area contributed by atoms with Gasteiger partial charge in [0.25, 0.3) is 5.91 Å². The lowest BCUT2D eigenvalue weighted by molar-refractivity contribution is -0.0510. The van der Waals surface area contributed by atoms with E-state index < -0.39 is 15.6 Å². The van der Waals surface area contributed by atoms with Gasteiger partial charge < -0.3 is 25.0 Å². The molecule has 1 saturated heterocycles. The molecule has 4 heterocycles. The maximum atomic E-state index is 12.5. The highest BCUT2D eigenvalue weighted by Gasteiger charge is 2.44. The second-order valence-corrected chi connectivity index (χ2v) is 12.6. The van der Waals surface area contributed by atoms with E-state index in [4.69, 9.17) is 27.5 Å². The molecular formula is C26H30F3N7O5S2. The molecule has 12 nitrogen and oxygen atoms in total. The summed E-state index contributed by atoms with van der Waals surface area (Å²) in [5, 5.41) is 10.4. The van der Waals surface area contributed by atoms with Gasteiger partial charge in [-0.15, -0.1) is 11.8 Å². The van der Waals surface area contributed by atoms with Crippen molar-refractivity contribution in [2.45, 2.75) is 48.2 Å². The molecule has 1 amide bonds. The van der Waals surface area contributed by atoms with E-state index in [-0.39, 0.29) is 23.8 Å². The first-order valence-electron chi connectivity index (χ1n) is 13.6. The van der Waals surface area contributed by atoms with E-state index >= 15 is 0 Å². The highest BCUT2D eigenvalue weighted by atomic mass is 32.2. The van der Waals surface area contributed by atoms with Gasteiger partial charge in [0, 0.05) is 62.2 Å². The number of aryl methyl sites for hydroxylation is 1. The number of thioether (sulfide) groups is 1. The molecule has 43 heavy (non-hydrogen) atoms. The Morgan fingerprint density at radius 3 is 2.35 bits per heavy atom. The van der Waals surface area contributed by atoms with Gasteiger partial charge in [-0.05, 0) is 31.4 Å². The van der Waals surface area contributed by atoms with Crippen LogP contribution >= 0.6 is 11.8 Å². The number of piperazine rings is 1. The maximum Gasteiger partial charge on any atom is 0.522 e. The summed E-state index contributed by atoms with van der Waals surface area (Å²) in [4.78, 5) is 28.4. The third-order valence-corrected chi connectivity index (χ3v) is 9.01. The summed E-state index contributed by atoms with van der Waals surface area (Å²) < 4.78 is 62.6. The van der Waals surface area contributed by atoms with Gasteiger partial charge in [-0.3, -0.25) is 9.35 Å². The molecular weight excluding hydrogens is 611 g/mol. The van der Waals surface area contributed by atoms with Crippen LogP contribution in [0, 0.1) is 0 Å². The number of rotatable bonds is 6. The first-order valence-corrected chi connectivity index (χ1v) is 16.0. The smallest absolute Gasteiger partial charge is 0.368 e. The molecule has 17 heteroatoms. The number of fused-ring (bicyclic) bond motifs is 1. The lowest BCUT2D eigenvalue weighted by Crippen LogP contribution is -2.47. The quantitative estimate of drug-likeness (QED) is 0.266. The molecule has 6 rings (SSSR count). The van der Waals surface area contributed by atoms with Crippen LogP contribution in [0.25, 0.3) is 0 Å². The average Bonchev–Trinajstić information content (AvgIpc) is 3.76. The van der Waals surface area contributed by atoms with Crippen LogP contribution in [0.5, 0.6) is 0 Å². The van der Waals surface area contributed by atoms with Gasteiger partial charge in [0.1, 0.15) is 5.82 Å². The molecule has 0 bridgehead atoms. The zero-order valence-corrected chi connectivity index (χ0v) is 24.5. The monoisotopic (exact) mass is 641 g/mol. The Hall–Kier alpha value is -3.57. The van der Waals surface area contributed by atoms with E-state index in [1.807, 2.05) is 11.8 Å². The number of halogens is 3. The molecule has 1 saturated carbocycles. The second kappa shape index (κ2) is 13.0. The van der Waals surface area contributed by atoms with Crippen molar-refractivity contribution in [3.63, 3.8) is 0 Å². The molecule has 3 aromatic rings. The van der Waals surface area contributed by atoms with E-state index in [2.05, 4.69) is 55.9 Å². The molecule has 3 N–H and O–H groups in total. The first kappa shape index (κ1) is 30.9. The van der Waals surface area contributed by atoms with E-state index in [1.54, 1.807) is 6.07 Å². The second-order valence-electron chi connectivity index (χ2n) is 10.1. The normalized spacial score (nSPS) is 20.3. The Morgan fingerprint density at radius 2 is 1.70 bits per heavy atom. The Kier molecular flexibility index (Phi) is 9.31.